The minimum atomic E-state index is -1.55. The highest BCUT2D eigenvalue weighted by atomic mass is 19.1. The zero-order chi connectivity index (χ0) is 14.6. The number of carbonyl (C=O) groups is 2. The maximum Gasteiger partial charge on any atom is 0.307 e. The maximum absolute atomic E-state index is 13.3. The summed E-state index contributed by atoms with van der Waals surface area (Å²) in [5, 5.41) is 36.2. The van der Waals surface area contributed by atoms with Crippen LogP contribution in [0.4, 0.5) is 4.39 Å². The van der Waals surface area contributed by atoms with Gasteiger partial charge in [0.1, 0.15) is 11.9 Å². The zero-order valence-corrected chi connectivity index (χ0v) is 9.78. The van der Waals surface area contributed by atoms with Gasteiger partial charge in [0, 0.05) is 0 Å². The lowest BCUT2D eigenvalue weighted by Crippen LogP contribution is -2.22. The Morgan fingerprint density at radius 3 is 2.32 bits per heavy atom. The van der Waals surface area contributed by atoms with Crippen molar-refractivity contribution in [1.82, 2.24) is 0 Å². The Balaban J connectivity index is 2.94. The largest absolute Gasteiger partial charge is 0.481 e. The fourth-order valence-corrected chi connectivity index (χ4v) is 1.59. The van der Waals surface area contributed by atoms with Crippen LogP contribution < -0.4 is 0 Å². The average Bonchev–Trinajstić information content (AvgIpc) is 2.29. The van der Waals surface area contributed by atoms with Crippen molar-refractivity contribution in [2.24, 2.45) is 0 Å². The Morgan fingerprint density at radius 1 is 1.16 bits per heavy atom. The van der Waals surface area contributed by atoms with Gasteiger partial charge in [-0.1, -0.05) is 6.07 Å². The van der Waals surface area contributed by atoms with Gasteiger partial charge in [0.2, 0.25) is 0 Å². The second-order valence-electron chi connectivity index (χ2n) is 4.03. The summed E-state index contributed by atoms with van der Waals surface area (Å²) in [5.41, 5.74) is -0.0852. The number of aliphatic hydroxyl groups excluding tert-OH is 2. The zero-order valence-electron chi connectivity index (χ0n) is 9.78. The molecular formula is C12H13FO6. The first-order chi connectivity index (χ1) is 8.81. The van der Waals surface area contributed by atoms with Gasteiger partial charge in [-0.2, -0.15) is 0 Å². The van der Waals surface area contributed by atoms with Crippen molar-refractivity contribution in [3.05, 3.63) is 35.1 Å². The summed E-state index contributed by atoms with van der Waals surface area (Å²) < 4.78 is 13.3. The summed E-state index contributed by atoms with van der Waals surface area (Å²) in [7, 11) is 0. The fraction of sp³-hybridized carbons (Fsp3) is 0.333. The molecule has 1 aromatic carbocycles. The van der Waals surface area contributed by atoms with Gasteiger partial charge < -0.3 is 20.4 Å². The molecule has 0 spiro atoms. The van der Waals surface area contributed by atoms with E-state index in [4.69, 9.17) is 10.2 Å². The van der Waals surface area contributed by atoms with Crippen LogP contribution in [0, 0.1) is 5.82 Å². The van der Waals surface area contributed by atoms with Crippen LogP contribution in [0.25, 0.3) is 0 Å². The Bertz CT molecular complexity index is 487. The number of aliphatic hydroxyl groups is 2. The van der Waals surface area contributed by atoms with Crippen molar-refractivity contribution in [2.45, 2.75) is 25.0 Å². The highest BCUT2D eigenvalue weighted by Crippen LogP contribution is 2.22. The number of carboxylic acid groups (broad SMARTS) is 2. The third kappa shape index (κ3) is 4.31. The van der Waals surface area contributed by atoms with Crippen molar-refractivity contribution in [2.75, 3.05) is 0 Å². The fourth-order valence-electron chi connectivity index (χ4n) is 1.59. The third-order valence-electron chi connectivity index (χ3n) is 2.50. The minimum absolute atomic E-state index is 0.0615. The van der Waals surface area contributed by atoms with E-state index in [1.807, 2.05) is 0 Å². The quantitative estimate of drug-likeness (QED) is 0.593. The number of hydrogen-bond acceptors (Lipinski definition) is 4. The van der Waals surface area contributed by atoms with Gasteiger partial charge in [-0.25, -0.2) is 4.39 Å². The standard InChI is InChI=1S/C12H13FO6/c13-8-2-1-6(3-7(8)4-10(15)16)12(19)9(14)5-11(17)18/h1-3,9,12,14,19H,4-5H2,(H,15,16)(H,17,18). The molecule has 0 radical (unpaired) electrons. The van der Waals surface area contributed by atoms with Gasteiger partial charge in [-0.05, 0) is 23.3 Å². The molecule has 2 unspecified atom stereocenters. The van der Waals surface area contributed by atoms with Gasteiger partial charge in [-0.15, -0.1) is 0 Å². The number of rotatable bonds is 6. The molecule has 0 aliphatic carbocycles. The first-order valence-corrected chi connectivity index (χ1v) is 5.39. The van der Waals surface area contributed by atoms with E-state index in [0.717, 1.165) is 18.2 Å². The molecule has 1 aromatic rings. The van der Waals surface area contributed by atoms with Gasteiger partial charge in [-0.3, -0.25) is 9.59 Å². The number of halogens is 1. The van der Waals surface area contributed by atoms with Crippen LogP contribution in [0.2, 0.25) is 0 Å². The first-order valence-electron chi connectivity index (χ1n) is 5.39. The summed E-state index contributed by atoms with van der Waals surface area (Å²) in [6, 6.07) is 3.22. The molecule has 4 N–H and O–H groups in total. The molecule has 0 amide bonds. The van der Waals surface area contributed by atoms with Crippen LogP contribution in [0.3, 0.4) is 0 Å². The highest BCUT2D eigenvalue weighted by Gasteiger charge is 2.22. The molecule has 7 heteroatoms. The van der Waals surface area contributed by atoms with Gasteiger partial charge in [0.25, 0.3) is 0 Å². The number of carboxylic acids is 2. The van der Waals surface area contributed by atoms with E-state index >= 15 is 0 Å². The predicted octanol–water partition coefficient (Wildman–Crippen LogP) is 0.322. The molecule has 0 aliphatic heterocycles. The maximum atomic E-state index is 13.3. The molecule has 0 heterocycles. The number of benzene rings is 1. The van der Waals surface area contributed by atoms with Crippen molar-refractivity contribution >= 4 is 11.9 Å². The van der Waals surface area contributed by atoms with Crippen molar-refractivity contribution in [3.8, 4) is 0 Å². The Hall–Kier alpha value is -1.99. The van der Waals surface area contributed by atoms with E-state index in [9.17, 15) is 24.2 Å². The van der Waals surface area contributed by atoms with Crippen LogP contribution in [0.1, 0.15) is 23.7 Å². The molecule has 2 atom stereocenters. The topological polar surface area (TPSA) is 115 Å². The van der Waals surface area contributed by atoms with Crippen LogP contribution in [0.15, 0.2) is 18.2 Å². The van der Waals surface area contributed by atoms with E-state index in [-0.39, 0.29) is 11.1 Å². The molecule has 1 rings (SSSR count). The molecule has 19 heavy (non-hydrogen) atoms. The number of hydrogen-bond donors (Lipinski definition) is 4. The van der Waals surface area contributed by atoms with Crippen molar-refractivity contribution < 1.29 is 34.4 Å². The summed E-state index contributed by atoms with van der Waals surface area (Å²) >= 11 is 0. The smallest absolute Gasteiger partial charge is 0.307 e. The van der Waals surface area contributed by atoms with Crippen molar-refractivity contribution in [3.63, 3.8) is 0 Å². The lowest BCUT2D eigenvalue weighted by atomic mass is 9.99. The minimum Gasteiger partial charge on any atom is -0.481 e. The van der Waals surface area contributed by atoms with E-state index < -0.39 is 42.8 Å². The Labute approximate surface area is 107 Å². The van der Waals surface area contributed by atoms with E-state index in [1.54, 1.807) is 0 Å². The van der Waals surface area contributed by atoms with Crippen LogP contribution >= 0.6 is 0 Å². The molecule has 104 valence electrons. The molecule has 0 aliphatic rings. The lowest BCUT2D eigenvalue weighted by Gasteiger charge is -2.17. The SMILES string of the molecule is O=C(O)Cc1cc(C(O)C(O)CC(=O)O)ccc1F. The Morgan fingerprint density at radius 2 is 1.79 bits per heavy atom. The normalized spacial score (nSPS) is 13.8. The summed E-state index contributed by atoms with van der Waals surface area (Å²) in [5.74, 6) is -3.28. The number of aliphatic carboxylic acids is 2. The van der Waals surface area contributed by atoms with Crippen LogP contribution in [-0.2, 0) is 16.0 Å². The molecule has 0 aromatic heterocycles. The van der Waals surface area contributed by atoms with E-state index in [0.29, 0.717) is 0 Å². The van der Waals surface area contributed by atoms with Gasteiger partial charge in [0.15, 0.2) is 0 Å². The lowest BCUT2D eigenvalue weighted by molar-refractivity contribution is -0.141. The first kappa shape index (κ1) is 15.1. The van der Waals surface area contributed by atoms with E-state index in [2.05, 4.69) is 0 Å². The van der Waals surface area contributed by atoms with Gasteiger partial charge in [0.05, 0.1) is 18.9 Å². The van der Waals surface area contributed by atoms with Crippen molar-refractivity contribution in [1.29, 1.82) is 0 Å². The summed E-state index contributed by atoms with van der Waals surface area (Å²) in [6.45, 7) is 0. The van der Waals surface area contributed by atoms with Crippen LogP contribution in [0.5, 0.6) is 0 Å². The summed E-state index contributed by atoms with van der Waals surface area (Å²) in [4.78, 5) is 20.9. The molecular weight excluding hydrogens is 259 g/mol. The highest BCUT2D eigenvalue weighted by molar-refractivity contribution is 5.70. The molecule has 6 nitrogen and oxygen atoms in total. The Kier molecular flexibility index (Phi) is 4.96. The second kappa shape index (κ2) is 6.26. The summed E-state index contributed by atoms with van der Waals surface area (Å²) in [6.07, 6.45) is -4.32. The molecule has 0 saturated heterocycles. The monoisotopic (exact) mass is 272 g/mol. The molecule has 0 fully saturated rings. The van der Waals surface area contributed by atoms with Crippen LogP contribution in [-0.4, -0.2) is 38.5 Å². The molecule has 0 saturated carbocycles. The average molecular weight is 272 g/mol. The van der Waals surface area contributed by atoms with E-state index in [1.165, 1.54) is 0 Å². The molecule has 0 bridgehead atoms. The second-order valence-corrected chi connectivity index (χ2v) is 4.03. The van der Waals surface area contributed by atoms with Gasteiger partial charge >= 0.3 is 11.9 Å². The third-order valence-corrected chi connectivity index (χ3v) is 2.50. The predicted molar refractivity (Wildman–Crippen MR) is 61.0 cm³/mol.